The Morgan fingerprint density at radius 3 is 2.15 bits per heavy atom. The number of esters is 1. The zero-order chi connectivity index (χ0) is 36.1. The van der Waals surface area contributed by atoms with E-state index in [4.69, 9.17) is 34.8 Å². The summed E-state index contributed by atoms with van der Waals surface area (Å²) >= 11 is 0. The van der Waals surface area contributed by atoms with Crippen molar-refractivity contribution in [3.8, 4) is 0 Å². The Morgan fingerprint density at radius 2 is 1.64 bits per heavy atom. The van der Waals surface area contributed by atoms with E-state index in [-0.39, 0.29) is 6.42 Å². The van der Waals surface area contributed by atoms with E-state index in [2.05, 4.69) is 12.2 Å². The van der Waals surface area contributed by atoms with Crippen molar-refractivity contribution in [2.45, 2.75) is 129 Å². The Bertz CT molecular complexity index is 1140. The molecule has 3 amide bonds. The van der Waals surface area contributed by atoms with Crippen LogP contribution in [0.5, 0.6) is 0 Å². The number of aliphatic hydroxyl groups excluding tert-OH is 1. The highest BCUT2D eigenvalue weighted by molar-refractivity contribution is 6.00. The number of ether oxygens (including phenoxy) is 5. The summed E-state index contributed by atoms with van der Waals surface area (Å²) < 4.78 is 27.1. The molecule has 0 unspecified atom stereocenters. The van der Waals surface area contributed by atoms with Crippen molar-refractivity contribution in [3.63, 3.8) is 0 Å². The van der Waals surface area contributed by atoms with Gasteiger partial charge in [0.25, 0.3) is 0 Å². The summed E-state index contributed by atoms with van der Waals surface area (Å²) in [4.78, 5) is 63.7. The fourth-order valence-corrected chi connectivity index (χ4v) is 4.78. The van der Waals surface area contributed by atoms with E-state index in [9.17, 15) is 34.2 Å². The molecule has 0 saturated carbocycles. The Kier molecular flexibility index (Phi) is 16.1. The number of hydrogen-bond donors (Lipinski definition) is 5. The van der Waals surface area contributed by atoms with E-state index in [1.54, 1.807) is 41.5 Å². The normalized spacial score (nSPS) is 19.3. The molecule has 0 saturated heterocycles. The highest BCUT2D eigenvalue weighted by Crippen LogP contribution is 2.34. The lowest BCUT2D eigenvalue weighted by molar-refractivity contribution is -0.164. The summed E-state index contributed by atoms with van der Waals surface area (Å²) in [6.07, 6.45) is -1.79. The maximum Gasteiger partial charge on any atom is 0.417 e. The van der Waals surface area contributed by atoms with E-state index in [1.165, 1.54) is 7.11 Å². The van der Waals surface area contributed by atoms with Crippen LogP contribution in [0.15, 0.2) is 11.8 Å². The molecule has 16 nitrogen and oxygen atoms in total. The lowest BCUT2D eigenvalue weighted by atomic mass is 9.82. The summed E-state index contributed by atoms with van der Waals surface area (Å²) in [6.45, 7) is 10.9. The molecule has 0 spiro atoms. The molecule has 1 aliphatic rings. The van der Waals surface area contributed by atoms with Gasteiger partial charge in [0.05, 0.1) is 6.04 Å². The molecule has 0 radical (unpaired) electrons. The quantitative estimate of drug-likeness (QED) is 0.0554. The number of aliphatic hydroxyl groups is 1. The maximum atomic E-state index is 13.6. The molecular weight excluding hydrogens is 620 g/mol. The zero-order valence-corrected chi connectivity index (χ0v) is 28.6. The third-order valence-electron chi connectivity index (χ3n) is 6.72. The number of primary amides is 1. The topological polar surface area (TPSA) is 237 Å². The molecular formula is C31H52N4O12. The van der Waals surface area contributed by atoms with Crippen molar-refractivity contribution < 1.29 is 57.9 Å². The fourth-order valence-electron chi connectivity index (χ4n) is 4.78. The minimum atomic E-state index is -1.59. The van der Waals surface area contributed by atoms with Crippen LogP contribution in [0, 0.1) is 11.3 Å². The van der Waals surface area contributed by atoms with Crippen LogP contribution in [0.4, 0.5) is 9.59 Å². The summed E-state index contributed by atoms with van der Waals surface area (Å²) in [7, 11) is 1.18. The van der Waals surface area contributed by atoms with Gasteiger partial charge >= 0.3 is 24.1 Å². The highest BCUT2D eigenvalue weighted by atomic mass is 16.6. The van der Waals surface area contributed by atoms with Crippen molar-refractivity contribution in [1.82, 2.24) is 10.2 Å². The number of methoxy groups -OCH3 is 1. The summed E-state index contributed by atoms with van der Waals surface area (Å²) in [5.74, 6) is -5.94. The van der Waals surface area contributed by atoms with Crippen LogP contribution in [0.1, 0.15) is 93.4 Å². The number of aliphatic carboxylic acids is 1. The number of carbonyl (C=O) groups excluding carboxylic acids is 4. The van der Waals surface area contributed by atoms with E-state index in [0.29, 0.717) is 11.3 Å². The fraction of sp³-hybridized carbons (Fsp3) is 0.742. The second kappa shape index (κ2) is 18.4. The van der Waals surface area contributed by atoms with Gasteiger partial charge in [0.15, 0.2) is 0 Å². The third kappa shape index (κ3) is 14.6. The number of carbonyl (C=O) groups is 5. The van der Waals surface area contributed by atoms with Crippen molar-refractivity contribution >= 4 is 36.0 Å². The van der Waals surface area contributed by atoms with E-state index >= 15 is 0 Å². The molecule has 0 aromatic carbocycles. The van der Waals surface area contributed by atoms with Crippen molar-refractivity contribution in [2.24, 2.45) is 11.7 Å². The van der Waals surface area contributed by atoms with Crippen molar-refractivity contribution in [2.75, 3.05) is 13.7 Å². The number of guanidine groups is 1. The standard InChI is InChI=1S/C31H52N4O12/c1-9-10-11-12-13-14-23(38)44-17-20(36)25(43-8)24-18(15-22(32)37)19(16-21(45-24)26(39)40)35(29(42)47-31(5,6)7)27(33)34-28(41)46-30(2,3)4/h16,18-20,24-25,36H,9-15,17H2,1-8H3,(H2,32,37)(H,39,40)(H2,33,34,41)/t18-,19-,20+,24-,25-/m1/s1. The van der Waals surface area contributed by atoms with Crippen LogP contribution >= 0.6 is 0 Å². The Hall–Kier alpha value is -3.92. The van der Waals surface area contributed by atoms with Gasteiger partial charge in [-0.2, -0.15) is 0 Å². The molecule has 5 atom stereocenters. The average molecular weight is 673 g/mol. The van der Waals surface area contributed by atoms with Gasteiger partial charge in [0.2, 0.25) is 17.6 Å². The van der Waals surface area contributed by atoms with Crippen LogP contribution in [0.3, 0.4) is 0 Å². The first-order valence-corrected chi connectivity index (χ1v) is 15.6. The van der Waals surface area contributed by atoms with Crippen molar-refractivity contribution in [3.05, 3.63) is 11.8 Å². The number of nitrogens with one attached hydrogen (secondary N) is 2. The minimum absolute atomic E-state index is 0.129. The molecule has 6 N–H and O–H groups in total. The second-order valence-electron chi connectivity index (χ2n) is 13.2. The van der Waals surface area contributed by atoms with Gasteiger partial charge in [0.1, 0.15) is 36.1 Å². The Labute approximate surface area is 275 Å². The van der Waals surface area contributed by atoms with Crippen LogP contribution in [-0.2, 0) is 38.1 Å². The predicted octanol–water partition coefficient (Wildman–Crippen LogP) is 3.19. The number of unbranched alkanes of at least 4 members (excludes halogenated alkanes) is 4. The number of hydrogen-bond acceptors (Lipinski definition) is 12. The SMILES string of the molecule is CCCCCCCC(=O)OC[C@H](O)[C@@H](OC)[C@@H]1OC(C(=O)O)=C[C@@H](N(C(=N)NC(=O)OC(C)(C)C)C(=O)OC(C)(C)C)[C@H]1CC(N)=O. The first-order valence-electron chi connectivity index (χ1n) is 15.6. The molecule has 0 aromatic rings. The van der Waals surface area contributed by atoms with Gasteiger partial charge in [-0.05, 0) is 54.0 Å². The number of nitrogens with zero attached hydrogens (tertiary/aromatic N) is 1. The molecule has 0 bridgehead atoms. The number of carboxylic acid groups (broad SMARTS) is 1. The smallest absolute Gasteiger partial charge is 0.417 e. The number of amides is 3. The number of nitrogens with two attached hydrogens (primary N) is 1. The van der Waals surface area contributed by atoms with Gasteiger partial charge in [0, 0.05) is 25.9 Å². The first-order chi connectivity index (χ1) is 21.7. The maximum absolute atomic E-state index is 13.6. The summed E-state index contributed by atoms with van der Waals surface area (Å²) in [5.41, 5.74) is 3.47. The molecule has 47 heavy (non-hydrogen) atoms. The summed E-state index contributed by atoms with van der Waals surface area (Å²) in [5, 5.41) is 31.8. The number of rotatable bonds is 15. The van der Waals surface area contributed by atoms with Gasteiger partial charge in [-0.25, -0.2) is 19.3 Å². The van der Waals surface area contributed by atoms with Gasteiger partial charge in [-0.3, -0.25) is 20.3 Å². The number of alkyl carbamates (subject to hydrolysis) is 1. The lowest BCUT2D eigenvalue weighted by Gasteiger charge is -2.44. The monoisotopic (exact) mass is 672 g/mol. The summed E-state index contributed by atoms with van der Waals surface area (Å²) in [6, 6.07) is -1.53. The molecule has 268 valence electrons. The van der Waals surface area contributed by atoms with Gasteiger partial charge in [-0.15, -0.1) is 0 Å². The lowest BCUT2D eigenvalue weighted by Crippen LogP contribution is -2.61. The molecule has 1 aliphatic heterocycles. The van der Waals surface area contributed by atoms with Gasteiger partial charge in [-0.1, -0.05) is 32.6 Å². The third-order valence-corrected chi connectivity index (χ3v) is 6.72. The molecule has 0 aromatic heterocycles. The van der Waals surface area contributed by atoms with Gasteiger partial charge < -0.3 is 39.6 Å². The van der Waals surface area contributed by atoms with E-state index in [0.717, 1.165) is 31.8 Å². The Morgan fingerprint density at radius 1 is 1.04 bits per heavy atom. The van der Waals surface area contributed by atoms with E-state index in [1.807, 2.05) is 0 Å². The number of carboxylic acids is 1. The Balaban J connectivity index is 3.53. The molecule has 0 fully saturated rings. The minimum Gasteiger partial charge on any atom is -0.480 e. The van der Waals surface area contributed by atoms with Crippen LogP contribution < -0.4 is 11.1 Å². The molecule has 1 rings (SSSR count). The molecule has 0 aliphatic carbocycles. The predicted molar refractivity (Wildman–Crippen MR) is 168 cm³/mol. The zero-order valence-electron chi connectivity index (χ0n) is 28.6. The second-order valence-corrected chi connectivity index (χ2v) is 13.2. The van der Waals surface area contributed by atoms with Crippen LogP contribution in [0.2, 0.25) is 0 Å². The highest BCUT2D eigenvalue weighted by Gasteiger charge is 2.49. The van der Waals surface area contributed by atoms with E-state index < -0.39 is 96.3 Å². The van der Waals surface area contributed by atoms with Crippen LogP contribution in [0.25, 0.3) is 0 Å². The van der Waals surface area contributed by atoms with Crippen LogP contribution in [-0.4, -0.2) is 100 Å². The molecule has 16 heteroatoms. The largest absolute Gasteiger partial charge is 0.480 e. The first kappa shape index (κ1) is 41.1. The average Bonchev–Trinajstić information content (AvgIpc) is 2.91. The molecule has 1 heterocycles. The van der Waals surface area contributed by atoms with Crippen molar-refractivity contribution in [1.29, 1.82) is 5.41 Å².